The molecule has 1 aliphatic carbocycles. The van der Waals surface area contributed by atoms with Crippen LogP contribution in [0.15, 0.2) is 24.3 Å². The highest BCUT2D eigenvalue weighted by Gasteiger charge is 2.43. The number of fused-ring (bicyclic) bond motifs is 1. The zero-order chi connectivity index (χ0) is 19.3. The van der Waals surface area contributed by atoms with Crippen LogP contribution in [-0.2, 0) is 9.53 Å². The average molecular weight is 384 g/mol. The summed E-state index contributed by atoms with van der Waals surface area (Å²) in [7, 11) is 0. The molecular formula is C20H24N4O4. The average Bonchev–Trinajstić information content (AvgIpc) is 3.50. The lowest BCUT2D eigenvalue weighted by Gasteiger charge is -2.48. The molecule has 4 aliphatic rings. The highest BCUT2D eigenvalue weighted by atomic mass is 16.5. The van der Waals surface area contributed by atoms with Gasteiger partial charge in [-0.05, 0) is 43.0 Å². The number of amides is 4. The Morgan fingerprint density at radius 1 is 1.07 bits per heavy atom. The number of rotatable bonds is 3. The second-order valence-corrected chi connectivity index (χ2v) is 8.07. The van der Waals surface area contributed by atoms with Gasteiger partial charge in [0.1, 0.15) is 6.54 Å². The highest BCUT2D eigenvalue weighted by Crippen LogP contribution is 2.38. The molecule has 4 fully saturated rings. The van der Waals surface area contributed by atoms with Crippen LogP contribution in [0, 0.1) is 5.92 Å². The van der Waals surface area contributed by atoms with Gasteiger partial charge in [0.05, 0.1) is 19.3 Å². The Balaban J connectivity index is 1.25. The first-order valence-corrected chi connectivity index (χ1v) is 9.94. The van der Waals surface area contributed by atoms with Crippen molar-refractivity contribution in [1.82, 2.24) is 15.1 Å². The molecule has 28 heavy (non-hydrogen) atoms. The fourth-order valence-corrected chi connectivity index (χ4v) is 4.56. The van der Waals surface area contributed by atoms with Crippen LogP contribution in [0.1, 0.15) is 23.2 Å². The molecule has 1 aromatic carbocycles. The quantitative estimate of drug-likeness (QED) is 0.775. The van der Waals surface area contributed by atoms with Crippen LogP contribution in [0.3, 0.4) is 0 Å². The molecule has 2 atom stereocenters. The Bertz CT molecular complexity index is 807. The summed E-state index contributed by atoms with van der Waals surface area (Å²) in [5.41, 5.74) is 1.20. The van der Waals surface area contributed by atoms with Gasteiger partial charge in [-0.2, -0.15) is 0 Å². The number of carbonyl (C=O) groups is 3. The topological polar surface area (TPSA) is 82.2 Å². The lowest BCUT2D eigenvalue weighted by molar-refractivity contribution is -0.117. The third-order valence-corrected chi connectivity index (χ3v) is 6.23. The standard InChI is InChI=1S/C20H24N4O4/c25-18-10-24(20(27)21-18)15-5-3-14(4-6-15)19(26)22-7-8-23-16(9-22)11-28-12-17(23)13-1-2-13/h3-6,13,16-17H,1-2,7-12H2,(H,21,25,27)/t16-,17-/m1/s1. The van der Waals surface area contributed by atoms with Crippen LogP contribution in [0.4, 0.5) is 10.5 Å². The molecule has 1 aromatic rings. The van der Waals surface area contributed by atoms with Gasteiger partial charge in [-0.3, -0.25) is 24.7 Å². The molecule has 0 bridgehead atoms. The van der Waals surface area contributed by atoms with E-state index >= 15 is 0 Å². The van der Waals surface area contributed by atoms with Gasteiger partial charge in [0.2, 0.25) is 5.91 Å². The smallest absolute Gasteiger partial charge is 0.329 e. The molecule has 0 spiro atoms. The van der Waals surface area contributed by atoms with E-state index in [1.165, 1.54) is 17.7 Å². The number of hydrogen-bond donors (Lipinski definition) is 1. The zero-order valence-electron chi connectivity index (χ0n) is 15.7. The Morgan fingerprint density at radius 3 is 2.54 bits per heavy atom. The van der Waals surface area contributed by atoms with Crippen LogP contribution >= 0.6 is 0 Å². The van der Waals surface area contributed by atoms with Crippen molar-refractivity contribution in [3.8, 4) is 0 Å². The van der Waals surface area contributed by atoms with Gasteiger partial charge in [-0.15, -0.1) is 0 Å². The molecule has 1 N–H and O–H groups in total. The monoisotopic (exact) mass is 384 g/mol. The van der Waals surface area contributed by atoms with E-state index in [1.54, 1.807) is 24.3 Å². The maximum atomic E-state index is 13.0. The summed E-state index contributed by atoms with van der Waals surface area (Å²) in [4.78, 5) is 41.9. The maximum Gasteiger partial charge on any atom is 0.329 e. The molecule has 3 heterocycles. The number of piperazine rings is 1. The zero-order valence-corrected chi connectivity index (χ0v) is 15.7. The van der Waals surface area contributed by atoms with Crippen molar-refractivity contribution in [2.75, 3.05) is 44.3 Å². The molecular weight excluding hydrogens is 360 g/mol. The molecule has 0 radical (unpaired) electrons. The number of nitrogens with one attached hydrogen (secondary N) is 1. The molecule has 5 rings (SSSR count). The normalized spacial score (nSPS) is 28.3. The second kappa shape index (κ2) is 6.86. The molecule has 148 valence electrons. The fourth-order valence-electron chi connectivity index (χ4n) is 4.56. The summed E-state index contributed by atoms with van der Waals surface area (Å²) in [6.07, 6.45) is 2.60. The van der Waals surface area contributed by atoms with E-state index in [1.807, 2.05) is 4.90 Å². The van der Waals surface area contributed by atoms with E-state index < -0.39 is 6.03 Å². The summed E-state index contributed by atoms with van der Waals surface area (Å²) < 4.78 is 5.83. The summed E-state index contributed by atoms with van der Waals surface area (Å²) in [6, 6.07) is 7.25. The molecule has 3 aliphatic heterocycles. The van der Waals surface area contributed by atoms with Gasteiger partial charge in [0.15, 0.2) is 0 Å². The number of ether oxygens (including phenoxy) is 1. The van der Waals surface area contributed by atoms with Crippen molar-refractivity contribution in [2.24, 2.45) is 5.92 Å². The van der Waals surface area contributed by atoms with Crippen molar-refractivity contribution in [2.45, 2.75) is 24.9 Å². The lowest BCUT2D eigenvalue weighted by Crippen LogP contribution is -2.63. The van der Waals surface area contributed by atoms with Crippen molar-refractivity contribution < 1.29 is 19.1 Å². The highest BCUT2D eigenvalue weighted by molar-refractivity contribution is 6.12. The summed E-state index contributed by atoms with van der Waals surface area (Å²) in [6.45, 7) is 3.83. The summed E-state index contributed by atoms with van der Waals surface area (Å²) in [5, 5.41) is 2.25. The van der Waals surface area contributed by atoms with Crippen LogP contribution in [-0.4, -0.2) is 79.1 Å². The molecule has 0 unspecified atom stereocenters. The van der Waals surface area contributed by atoms with Gasteiger partial charge < -0.3 is 9.64 Å². The minimum Gasteiger partial charge on any atom is -0.378 e. The van der Waals surface area contributed by atoms with E-state index in [2.05, 4.69) is 10.2 Å². The Kier molecular flexibility index (Phi) is 4.32. The molecule has 4 amide bonds. The molecule has 1 saturated carbocycles. The fraction of sp³-hybridized carbons (Fsp3) is 0.550. The lowest BCUT2D eigenvalue weighted by atomic mass is 10.0. The van der Waals surface area contributed by atoms with E-state index in [4.69, 9.17) is 4.74 Å². The number of anilines is 1. The van der Waals surface area contributed by atoms with E-state index in [0.717, 1.165) is 25.6 Å². The number of hydrogen-bond acceptors (Lipinski definition) is 5. The minimum absolute atomic E-state index is 0.00157. The largest absolute Gasteiger partial charge is 0.378 e. The molecule has 8 nitrogen and oxygen atoms in total. The van der Waals surface area contributed by atoms with Gasteiger partial charge >= 0.3 is 6.03 Å². The Labute approximate surface area is 163 Å². The minimum atomic E-state index is -0.428. The van der Waals surface area contributed by atoms with Gasteiger partial charge in [-0.1, -0.05) is 0 Å². The number of morpholine rings is 1. The van der Waals surface area contributed by atoms with Crippen LogP contribution < -0.4 is 10.2 Å². The Morgan fingerprint density at radius 2 is 1.86 bits per heavy atom. The van der Waals surface area contributed by atoms with Crippen molar-refractivity contribution in [3.63, 3.8) is 0 Å². The SMILES string of the molecule is O=C1CN(c2ccc(C(=O)N3CCN4[C@@H](COC[C@@H]4C4CC4)C3)cc2)C(=O)N1. The van der Waals surface area contributed by atoms with Gasteiger partial charge in [0, 0.05) is 36.9 Å². The van der Waals surface area contributed by atoms with E-state index in [-0.39, 0.29) is 24.4 Å². The van der Waals surface area contributed by atoms with Gasteiger partial charge in [0.25, 0.3) is 5.91 Å². The molecule has 8 heteroatoms. The predicted octanol–water partition coefficient (Wildman–Crippen LogP) is 0.678. The van der Waals surface area contributed by atoms with Crippen LogP contribution in [0.25, 0.3) is 0 Å². The van der Waals surface area contributed by atoms with Crippen LogP contribution in [0.5, 0.6) is 0 Å². The van der Waals surface area contributed by atoms with E-state index in [0.29, 0.717) is 30.4 Å². The number of benzene rings is 1. The third kappa shape index (κ3) is 3.16. The first-order valence-electron chi connectivity index (χ1n) is 9.94. The second-order valence-electron chi connectivity index (χ2n) is 8.07. The molecule has 3 saturated heterocycles. The first kappa shape index (κ1) is 17.6. The van der Waals surface area contributed by atoms with E-state index in [9.17, 15) is 14.4 Å². The number of imide groups is 1. The number of urea groups is 1. The third-order valence-electron chi connectivity index (χ3n) is 6.23. The van der Waals surface area contributed by atoms with Gasteiger partial charge in [-0.25, -0.2) is 4.79 Å². The summed E-state index contributed by atoms with van der Waals surface area (Å²) in [5.74, 6) is 0.455. The molecule has 0 aromatic heterocycles. The Hall–Kier alpha value is -2.45. The number of carbonyl (C=O) groups excluding carboxylic acids is 3. The maximum absolute atomic E-state index is 13.0. The van der Waals surface area contributed by atoms with Crippen molar-refractivity contribution in [3.05, 3.63) is 29.8 Å². The van der Waals surface area contributed by atoms with Crippen LogP contribution in [0.2, 0.25) is 0 Å². The predicted molar refractivity (Wildman–Crippen MR) is 101 cm³/mol. The number of nitrogens with zero attached hydrogens (tertiary/aromatic N) is 3. The first-order chi connectivity index (χ1) is 13.6. The van der Waals surface area contributed by atoms with Crippen molar-refractivity contribution in [1.29, 1.82) is 0 Å². The van der Waals surface area contributed by atoms with Crippen molar-refractivity contribution >= 4 is 23.5 Å². The summed E-state index contributed by atoms with van der Waals surface area (Å²) >= 11 is 0.